The molecule has 2 aromatic rings. The summed E-state index contributed by atoms with van der Waals surface area (Å²) < 4.78 is 26.7. The van der Waals surface area contributed by atoms with Crippen LogP contribution in [0.25, 0.3) is 0 Å². The van der Waals surface area contributed by atoms with Crippen LogP contribution in [0.2, 0.25) is 0 Å². The molecule has 1 aliphatic heterocycles. The molecule has 5 N–H and O–H groups in total. The molecule has 1 fully saturated rings. The topological polar surface area (TPSA) is 149 Å². The summed E-state index contributed by atoms with van der Waals surface area (Å²) >= 11 is 0. The summed E-state index contributed by atoms with van der Waals surface area (Å²) in [5.74, 6) is -0.194. The summed E-state index contributed by atoms with van der Waals surface area (Å²) in [5, 5.41) is 19.6. The number of carbonyl (C=O) groups is 1. The number of benzene rings is 1. The van der Waals surface area contributed by atoms with Crippen LogP contribution in [0.15, 0.2) is 41.4 Å². The SMILES string of the molecule is N=Cc1cc(C(=O)NCc2ccc(S(=O)(=O)N3CCC(O)CC3)cc2)cnc1N. The molecule has 9 nitrogen and oxygen atoms in total. The Hall–Kier alpha value is -2.82. The number of nitrogens with zero attached hydrogens (tertiary/aromatic N) is 2. The van der Waals surface area contributed by atoms with E-state index in [1.807, 2.05) is 0 Å². The Kier molecular flexibility index (Phi) is 6.26. The zero-order valence-electron chi connectivity index (χ0n) is 15.7. The molecule has 1 saturated heterocycles. The molecule has 1 amide bonds. The van der Waals surface area contributed by atoms with Gasteiger partial charge in [-0.25, -0.2) is 13.4 Å². The minimum atomic E-state index is -3.59. The number of hydrogen-bond acceptors (Lipinski definition) is 7. The van der Waals surface area contributed by atoms with Gasteiger partial charge in [0.1, 0.15) is 5.82 Å². The summed E-state index contributed by atoms with van der Waals surface area (Å²) in [7, 11) is -3.59. The van der Waals surface area contributed by atoms with Gasteiger partial charge in [0.15, 0.2) is 0 Å². The lowest BCUT2D eigenvalue weighted by molar-refractivity contribution is 0.0950. The second-order valence-corrected chi connectivity index (χ2v) is 8.74. The molecule has 3 rings (SSSR count). The highest BCUT2D eigenvalue weighted by Crippen LogP contribution is 2.21. The molecule has 0 radical (unpaired) electrons. The lowest BCUT2D eigenvalue weighted by atomic mass is 10.1. The van der Waals surface area contributed by atoms with Gasteiger partial charge in [-0.15, -0.1) is 0 Å². The molecule has 0 aliphatic carbocycles. The number of aromatic nitrogens is 1. The van der Waals surface area contributed by atoms with E-state index in [0.717, 1.165) is 11.8 Å². The number of anilines is 1. The van der Waals surface area contributed by atoms with Gasteiger partial charge in [-0.3, -0.25) is 4.79 Å². The number of piperidine rings is 1. The molecular weight excluding hydrogens is 394 g/mol. The number of amides is 1. The zero-order chi connectivity index (χ0) is 21.0. The molecule has 0 bridgehead atoms. The minimum absolute atomic E-state index is 0.177. The number of rotatable bonds is 6. The van der Waals surface area contributed by atoms with E-state index in [9.17, 15) is 18.3 Å². The van der Waals surface area contributed by atoms with Crippen LogP contribution in [0, 0.1) is 5.41 Å². The van der Waals surface area contributed by atoms with Crippen molar-refractivity contribution in [2.24, 2.45) is 0 Å². The van der Waals surface area contributed by atoms with Gasteiger partial charge in [-0.05, 0) is 36.6 Å². The second-order valence-electron chi connectivity index (χ2n) is 6.80. The molecule has 29 heavy (non-hydrogen) atoms. The maximum Gasteiger partial charge on any atom is 0.253 e. The Labute approximate surface area is 169 Å². The predicted octanol–water partition coefficient (Wildman–Crippen LogP) is 0.737. The Morgan fingerprint density at radius 3 is 2.59 bits per heavy atom. The molecule has 10 heteroatoms. The van der Waals surface area contributed by atoms with Gasteiger partial charge in [-0.2, -0.15) is 4.31 Å². The van der Waals surface area contributed by atoms with Crippen molar-refractivity contribution >= 4 is 28.0 Å². The number of nitrogens with two attached hydrogens (primary N) is 1. The van der Waals surface area contributed by atoms with Crippen molar-refractivity contribution in [2.45, 2.75) is 30.4 Å². The van der Waals surface area contributed by atoms with Gasteiger partial charge in [0.05, 0.1) is 16.6 Å². The monoisotopic (exact) mass is 417 g/mol. The first-order valence-corrected chi connectivity index (χ1v) is 10.6. The first-order chi connectivity index (χ1) is 13.8. The number of hydrogen-bond donors (Lipinski definition) is 4. The van der Waals surface area contributed by atoms with Crippen LogP contribution in [-0.4, -0.2) is 54.1 Å². The molecule has 0 spiro atoms. The van der Waals surface area contributed by atoms with Crippen LogP contribution in [0.3, 0.4) is 0 Å². The van der Waals surface area contributed by atoms with Crippen LogP contribution < -0.4 is 11.1 Å². The molecule has 154 valence electrons. The number of nitrogens with one attached hydrogen (secondary N) is 2. The summed E-state index contributed by atoms with van der Waals surface area (Å²) in [6.07, 6.45) is 2.79. The summed E-state index contributed by atoms with van der Waals surface area (Å²) in [6.45, 7) is 0.808. The third kappa shape index (κ3) is 4.78. The third-order valence-corrected chi connectivity index (χ3v) is 6.72. The van der Waals surface area contributed by atoms with Crippen LogP contribution in [0.4, 0.5) is 5.82 Å². The van der Waals surface area contributed by atoms with E-state index in [0.29, 0.717) is 31.5 Å². The Morgan fingerprint density at radius 2 is 1.97 bits per heavy atom. The van der Waals surface area contributed by atoms with Crippen molar-refractivity contribution in [3.05, 3.63) is 53.2 Å². The van der Waals surface area contributed by atoms with E-state index >= 15 is 0 Å². The van der Waals surface area contributed by atoms with E-state index in [-0.39, 0.29) is 28.7 Å². The lowest BCUT2D eigenvalue weighted by Crippen LogP contribution is -2.39. The molecule has 2 heterocycles. The van der Waals surface area contributed by atoms with Crippen molar-refractivity contribution in [1.29, 1.82) is 5.41 Å². The van der Waals surface area contributed by atoms with Gasteiger partial charge in [0.2, 0.25) is 10.0 Å². The number of carbonyl (C=O) groups excluding carboxylic acids is 1. The van der Waals surface area contributed by atoms with Crippen LogP contribution in [0.5, 0.6) is 0 Å². The fraction of sp³-hybridized carbons (Fsp3) is 0.316. The van der Waals surface area contributed by atoms with E-state index in [4.69, 9.17) is 11.1 Å². The van der Waals surface area contributed by atoms with Crippen molar-refractivity contribution in [2.75, 3.05) is 18.8 Å². The Balaban J connectivity index is 1.63. The smallest absolute Gasteiger partial charge is 0.253 e. The number of aliphatic hydroxyl groups excluding tert-OH is 1. The third-order valence-electron chi connectivity index (χ3n) is 4.80. The van der Waals surface area contributed by atoms with Gasteiger partial charge in [-0.1, -0.05) is 12.1 Å². The Bertz CT molecular complexity index is 1000. The zero-order valence-corrected chi connectivity index (χ0v) is 16.5. The van der Waals surface area contributed by atoms with Gasteiger partial charge in [0, 0.05) is 37.6 Å². The number of sulfonamides is 1. The highest BCUT2D eigenvalue weighted by atomic mass is 32.2. The van der Waals surface area contributed by atoms with Crippen molar-refractivity contribution in [3.63, 3.8) is 0 Å². The van der Waals surface area contributed by atoms with Crippen molar-refractivity contribution in [3.8, 4) is 0 Å². The first kappa shape index (κ1) is 20.9. The summed E-state index contributed by atoms with van der Waals surface area (Å²) in [5.41, 5.74) is 6.99. The number of aliphatic hydroxyl groups is 1. The number of pyridine rings is 1. The highest BCUT2D eigenvalue weighted by molar-refractivity contribution is 7.89. The molecule has 1 aromatic heterocycles. The molecule has 0 unspecified atom stereocenters. The fourth-order valence-electron chi connectivity index (χ4n) is 3.03. The largest absolute Gasteiger partial charge is 0.393 e. The fourth-order valence-corrected chi connectivity index (χ4v) is 4.50. The second kappa shape index (κ2) is 8.68. The van der Waals surface area contributed by atoms with Crippen LogP contribution in [0.1, 0.15) is 34.3 Å². The van der Waals surface area contributed by atoms with Gasteiger partial charge < -0.3 is 21.6 Å². The molecule has 0 atom stereocenters. The van der Waals surface area contributed by atoms with Gasteiger partial charge in [0.25, 0.3) is 5.91 Å². The highest BCUT2D eigenvalue weighted by Gasteiger charge is 2.28. The first-order valence-electron chi connectivity index (χ1n) is 9.12. The van der Waals surface area contributed by atoms with E-state index in [1.54, 1.807) is 12.1 Å². The lowest BCUT2D eigenvalue weighted by Gasteiger charge is -2.28. The average Bonchev–Trinajstić information content (AvgIpc) is 2.73. The normalized spacial score (nSPS) is 15.8. The van der Waals surface area contributed by atoms with E-state index in [2.05, 4.69) is 10.3 Å². The number of nitrogen functional groups attached to an aromatic ring is 1. The Morgan fingerprint density at radius 1 is 1.31 bits per heavy atom. The predicted molar refractivity (Wildman–Crippen MR) is 108 cm³/mol. The van der Waals surface area contributed by atoms with Crippen molar-refractivity contribution < 1.29 is 18.3 Å². The molecule has 1 aliphatic rings. The molecular formula is C19H23N5O4S. The summed E-state index contributed by atoms with van der Waals surface area (Å²) in [4.78, 5) is 16.3. The van der Waals surface area contributed by atoms with Crippen LogP contribution in [-0.2, 0) is 16.6 Å². The molecule has 0 saturated carbocycles. The van der Waals surface area contributed by atoms with E-state index in [1.165, 1.54) is 28.7 Å². The summed E-state index contributed by atoms with van der Waals surface area (Å²) in [6, 6.07) is 7.81. The van der Waals surface area contributed by atoms with Crippen molar-refractivity contribution in [1.82, 2.24) is 14.6 Å². The quantitative estimate of drug-likeness (QED) is 0.509. The minimum Gasteiger partial charge on any atom is -0.393 e. The average molecular weight is 417 g/mol. The maximum absolute atomic E-state index is 12.7. The van der Waals surface area contributed by atoms with Gasteiger partial charge >= 0.3 is 0 Å². The standard InChI is InChI=1S/C19H23N5O4S/c20-10-14-9-15(12-22-18(14)21)19(26)23-11-13-1-3-17(4-2-13)29(27,28)24-7-5-16(25)6-8-24/h1-4,9-10,12,16,20,25H,5-8,11H2,(H2,21,22)(H,23,26). The maximum atomic E-state index is 12.7. The van der Waals surface area contributed by atoms with E-state index < -0.39 is 16.1 Å². The molecule has 1 aromatic carbocycles. The van der Waals surface area contributed by atoms with Crippen LogP contribution >= 0.6 is 0 Å².